The zero-order valence-corrected chi connectivity index (χ0v) is 5.98. The number of oxime groups is 1. The van der Waals surface area contributed by atoms with E-state index in [-0.39, 0.29) is 18.2 Å². The molecule has 5 heteroatoms. The molecule has 5 nitrogen and oxygen atoms in total. The van der Waals surface area contributed by atoms with Gasteiger partial charge in [-0.1, -0.05) is 5.16 Å². The van der Waals surface area contributed by atoms with Crippen molar-refractivity contribution in [2.45, 2.75) is 13.5 Å². The highest BCUT2D eigenvalue weighted by Crippen LogP contribution is 2.03. The third kappa shape index (κ3) is 1.56. The van der Waals surface area contributed by atoms with Gasteiger partial charge in [-0.3, -0.25) is 0 Å². The second kappa shape index (κ2) is 3.16. The van der Waals surface area contributed by atoms with Gasteiger partial charge in [0, 0.05) is 0 Å². The van der Waals surface area contributed by atoms with Gasteiger partial charge in [-0.2, -0.15) is 0 Å². The van der Waals surface area contributed by atoms with E-state index >= 15 is 0 Å². The van der Waals surface area contributed by atoms with Crippen molar-refractivity contribution in [2.24, 2.45) is 5.16 Å². The summed E-state index contributed by atoms with van der Waals surface area (Å²) in [4.78, 5) is 3.74. The first-order chi connectivity index (χ1) is 5.27. The van der Waals surface area contributed by atoms with Crippen LogP contribution in [-0.4, -0.2) is 21.0 Å². The van der Waals surface area contributed by atoms with Crippen molar-refractivity contribution in [3.05, 3.63) is 17.8 Å². The number of aliphatic hydroxyl groups is 1. The molecular formula is C6H8N2O3. The molecule has 0 saturated carbocycles. The van der Waals surface area contributed by atoms with Crippen molar-refractivity contribution in [1.29, 1.82) is 0 Å². The summed E-state index contributed by atoms with van der Waals surface area (Å²) in [6.45, 7) is 1.35. The largest absolute Gasteiger partial charge is 0.438 e. The molecule has 0 spiro atoms. The van der Waals surface area contributed by atoms with Crippen molar-refractivity contribution >= 4 is 5.71 Å². The van der Waals surface area contributed by atoms with Crippen LogP contribution in [0.5, 0.6) is 0 Å². The van der Waals surface area contributed by atoms with E-state index in [0.29, 0.717) is 5.76 Å². The number of hydrogen-bond acceptors (Lipinski definition) is 5. The Bertz CT molecular complexity index is 267. The minimum Gasteiger partial charge on any atom is -0.438 e. The fraction of sp³-hybridized carbons (Fsp3) is 0.333. The highest BCUT2D eigenvalue weighted by molar-refractivity contribution is 5.93. The molecule has 0 fully saturated rings. The van der Waals surface area contributed by atoms with Gasteiger partial charge in [-0.05, 0) is 6.92 Å². The molecule has 1 heterocycles. The Morgan fingerprint density at radius 2 is 2.55 bits per heavy atom. The molecule has 0 amide bonds. The molecule has 1 aromatic heterocycles. The summed E-state index contributed by atoms with van der Waals surface area (Å²) in [7, 11) is 0. The summed E-state index contributed by atoms with van der Waals surface area (Å²) >= 11 is 0. The number of aromatic nitrogens is 1. The monoisotopic (exact) mass is 156 g/mol. The summed E-state index contributed by atoms with van der Waals surface area (Å²) in [5.74, 6) is 0.569. The van der Waals surface area contributed by atoms with Gasteiger partial charge in [0.1, 0.15) is 18.1 Å². The van der Waals surface area contributed by atoms with Crippen LogP contribution in [0.15, 0.2) is 15.8 Å². The van der Waals surface area contributed by atoms with Gasteiger partial charge in [-0.15, -0.1) is 0 Å². The summed E-state index contributed by atoms with van der Waals surface area (Å²) in [6, 6.07) is 0. The van der Waals surface area contributed by atoms with E-state index < -0.39 is 0 Å². The first-order valence-corrected chi connectivity index (χ1v) is 3.02. The average Bonchev–Trinajstić information content (AvgIpc) is 2.50. The van der Waals surface area contributed by atoms with Crippen molar-refractivity contribution < 1.29 is 14.7 Å². The van der Waals surface area contributed by atoms with Crippen molar-refractivity contribution in [3.63, 3.8) is 0 Å². The number of oxazole rings is 1. The molecule has 0 bridgehead atoms. The van der Waals surface area contributed by atoms with Crippen LogP contribution in [-0.2, 0) is 6.61 Å². The van der Waals surface area contributed by atoms with Gasteiger partial charge < -0.3 is 14.7 Å². The fourth-order valence-corrected chi connectivity index (χ4v) is 0.591. The lowest BCUT2D eigenvalue weighted by Gasteiger charge is -1.87. The van der Waals surface area contributed by atoms with Crippen molar-refractivity contribution in [2.75, 3.05) is 0 Å². The molecule has 0 radical (unpaired) electrons. The molecule has 1 aromatic rings. The molecule has 0 aliphatic heterocycles. The van der Waals surface area contributed by atoms with Crippen LogP contribution in [0.4, 0.5) is 0 Å². The molecule has 0 aliphatic carbocycles. The van der Waals surface area contributed by atoms with E-state index in [4.69, 9.17) is 14.7 Å². The first-order valence-electron chi connectivity index (χ1n) is 3.02. The van der Waals surface area contributed by atoms with Crippen LogP contribution in [0.1, 0.15) is 18.6 Å². The Kier molecular flexibility index (Phi) is 2.22. The maximum Gasteiger partial charge on any atom is 0.244 e. The highest BCUT2D eigenvalue weighted by atomic mass is 16.4. The Morgan fingerprint density at radius 3 is 3.00 bits per heavy atom. The summed E-state index contributed by atoms with van der Waals surface area (Å²) < 4.78 is 4.93. The van der Waals surface area contributed by atoms with Crippen LogP contribution in [0, 0.1) is 0 Å². The molecular weight excluding hydrogens is 148 g/mol. The number of hydrogen-bond donors (Lipinski definition) is 2. The van der Waals surface area contributed by atoms with E-state index in [2.05, 4.69) is 10.1 Å². The fourth-order valence-electron chi connectivity index (χ4n) is 0.591. The van der Waals surface area contributed by atoms with Gasteiger partial charge in [0.05, 0.1) is 6.20 Å². The normalized spacial score (nSPS) is 12.0. The third-order valence-corrected chi connectivity index (χ3v) is 1.17. The Morgan fingerprint density at radius 1 is 1.82 bits per heavy atom. The maximum atomic E-state index is 8.57. The second-order valence-electron chi connectivity index (χ2n) is 1.98. The van der Waals surface area contributed by atoms with Gasteiger partial charge >= 0.3 is 0 Å². The zero-order chi connectivity index (χ0) is 8.27. The van der Waals surface area contributed by atoms with E-state index in [1.165, 1.54) is 6.20 Å². The average molecular weight is 156 g/mol. The maximum absolute atomic E-state index is 8.57. The lowest BCUT2D eigenvalue weighted by molar-refractivity contribution is 0.246. The van der Waals surface area contributed by atoms with E-state index in [9.17, 15) is 0 Å². The molecule has 0 saturated heterocycles. The molecule has 11 heavy (non-hydrogen) atoms. The standard InChI is InChI=1S/C6H8N2O3/c1-4(8-10)6-7-2-5(3-9)11-6/h2,9-10H,3H2,1H3/b8-4-. The molecule has 0 unspecified atom stereocenters. The van der Waals surface area contributed by atoms with Crippen LogP contribution in [0.2, 0.25) is 0 Å². The smallest absolute Gasteiger partial charge is 0.244 e. The minimum absolute atomic E-state index is 0.203. The zero-order valence-electron chi connectivity index (χ0n) is 5.98. The molecule has 60 valence electrons. The lowest BCUT2D eigenvalue weighted by Crippen LogP contribution is -1.93. The Labute approximate surface area is 63.0 Å². The Balaban J connectivity index is 2.89. The van der Waals surface area contributed by atoms with Crippen LogP contribution in [0.25, 0.3) is 0 Å². The quantitative estimate of drug-likeness (QED) is 0.368. The lowest BCUT2D eigenvalue weighted by atomic mass is 10.4. The number of aliphatic hydroxyl groups excluding tert-OH is 1. The van der Waals surface area contributed by atoms with Gasteiger partial charge in [0.15, 0.2) is 0 Å². The van der Waals surface area contributed by atoms with Crippen LogP contribution < -0.4 is 0 Å². The predicted octanol–water partition coefficient (Wildman–Crippen LogP) is 0.365. The van der Waals surface area contributed by atoms with Crippen molar-refractivity contribution in [3.8, 4) is 0 Å². The second-order valence-corrected chi connectivity index (χ2v) is 1.98. The predicted molar refractivity (Wildman–Crippen MR) is 36.4 cm³/mol. The van der Waals surface area contributed by atoms with Crippen LogP contribution >= 0.6 is 0 Å². The summed E-state index contributed by atoms with van der Waals surface area (Å²) in [6.07, 6.45) is 1.38. The van der Waals surface area contributed by atoms with Crippen LogP contribution in [0.3, 0.4) is 0 Å². The molecule has 0 aromatic carbocycles. The SMILES string of the molecule is C/C(=N/O)c1ncc(CO)o1. The summed E-state index contributed by atoms with van der Waals surface area (Å²) in [5, 5.41) is 19.8. The van der Waals surface area contributed by atoms with E-state index in [1.807, 2.05) is 0 Å². The topological polar surface area (TPSA) is 78.9 Å². The summed E-state index contributed by atoms with van der Waals surface area (Å²) in [5.41, 5.74) is 0.282. The molecule has 1 rings (SSSR count). The van der Waals surface area contributed by atoms with Crippen molar-refractivity contribution in [1.82, 2.24) is 4.98 Å². The minimum atomic E-state index is -0.203. The molecule has 2 N–H and O–H groups in total. The number of nitrogens with zero attached hydrogens (tertiary/aromatic N) is 2. The highest BCUT2D eigenvalue weighted by Gasteiger charge is 2.05. The Hall–Kier alpha value is -1.36. The van der Waals surface area contributed by atoms with Gasteiger partial charge in [0.2, 0.25) is 5.89 Å². The number of rotatable bonds is 2. The van der Waals surface area contributed by atoms with Gasteiger partial charge in [-0.25, -0.2) is 4.98 Å². The first kappa shape index (κ1) is 7.74. The molecule has 0 aliphatic rings. The van der Waals surface area contributed by atoms with E-state index in [0.717, 1.165) is 0 Å². The van der Waals surface area contributed by atoms with E-state index in [1.54, 1.807) is 6.92 Å². The third-order valence-electron chi connectivity index (χ3n) is 1.17. The molecule has 0 atom stereocenters. The van der Waals surface area contributed by atoms with Gasteiger partial charge in [0.25, 0.3) is 0 Å².